The summed E-state index contributed by atoms with van der Waals surface area (Å²) in [6, 6.07) is 8.93. The van der Waals surface area contributed by atoms with Gasteiger partial charge in [0, 0.05) is 30.1 Å². The molecular weight excluding hydrogens is 328 g/mol. The van der Waals surface area contributed by atoms with Crippen LogP contribution in [-0.2, 0) is 16.1 Å². The highest BCUT2D eigenvalue weighted by molar-refractivity contribution is 5.92. The predicted molar refractivity (Wildman–Crippen MR) is 91.5 cm³/mol. The highest BCUT2D eigenvalue weighted by Gasteiger charge is 2.17. The molecule has 0 unspecified atom stereocenters. The molecule has 0 bridgehead atoms. The van der Waals surface area contributed by atoms with Crippen molar-refractivity contribution < 1.29 is 14.5 Å². The van der Waals surface area contributed by atoms with Crippen LogP contribution in [0.2, 0.25) is 0 Å². The number of hydrogen-bond acceptors (Lipinski definition) is 5. The molecule has 0 radical (unpaired) electrons. The lowest BCUT2D eigenvalue weighted by Crippen LogP contribution is -2.30. The van der Waals surface area contributed by atoms with Gasteiger partial charge in [0.25, 0.3) is 0 Å². The third kappa shape index (κ3) is 4.50. The van der Waals surface area contributed by atoms with Crippen molar-refractivity contribution in [2.24, 2.45) is 0 Å². The minimum absolute atomic E-state index is 0.211. The summed E-state index contributed by atoms with van der Waals surface area (Å²) in [7, 11) is 0. The van der Waals surface area contributed by atoms with Crippen molar-refractivity contribution in [2.75, 3.05) is 10.6 Å². The SMILES string of the molecule is CC(=O)Nc1ccc(NC(=O)Cn2c(C)ccc([N+](=O)[O-])c2=O)cc1. The summed E-state index contributed by atoms with van der Waals surface area (Å²) in [5.41, 5.74) is 0.0671. The molecule has 9 heteroatoms. The van der Waals surface area contributed by atoms with E-state index < -0.39 is 22.1 Å². The normalized spacial score (nSPS) is 10.2. The van der Waals surface area contributed by atoms with Gasteiger partial charge in [0.2, 0.25) is 11.8 Å². The molecule has 0 aliphatic heterocycles. The molecule has 1 aromatic heterocycles. The van der Waals surface area contributed by atoms with Crippen molar-refractivity contribution in [3.8, 4) is 0 Å². The number of hydrogen-bond donors (Lipinski definition) is 2. The Labute approximate surface area is 142 Å². The van der Waals surface area contributed by atoms with E-state index in [4.69, 9.17) is 0 Å². The van der Waals surface area contributed by atoms with Gasteiger partial charge in [0.1, 0.15) is 6.54 Å². The minimum atomic E-state index is -0.832. The molecule has 9 nitrogen and oxygen atoms in total. The molecule has 1 heterocycles. The summed E-state index contributed by atoms with van der Waals surface area (Å²) in [5, 5.41) is 16.0. The maximum atomic E-state index is 12.1. The largest absolute Gasteiger partial charge is 0.334 e. The summed E-state index contributed by atoms with van der Waals surface area (Å²) in [6.07, 6.45) is 0. The second-order valence-corrected chi connectivity index (χ2v) is 5.32. The monoisotopic (exact) mass is 344 g/mol. The van der Waals surface area contributed by atoms with Crippen LogP contribution in [0.25, 0.3) is 0 Å². The highest BCUT2D eigenvalue weighted by Crippen LogP contribution is 2.14. The maximum absolute atomic E-state index is 12.1. The molecule has 130 valence electrons. The molecule has 2 amide bonds. The number of aryl methyl sites for hydroxylation is 1. The number of rotatable bonds is 5. The molecule has 0 saturated heterocycles. The average molecular weight is 344 g/mol. The number of nitrogens with one attached hydrogen (secondary N) is 2. The van der Waals surface area contributed by atoms with Gasteiger partial charge in [-0.15, -0.1) is 0 Å². The van der Waals surface area contributed by atoms with Crippen molar-refractivity contribution in [3.05, 3.63) is 62.6 Å². The van der Waals surface area contributed by atoms with Gasteiger partial charge in [0.05, 0.1) is 4.92 Å². The van der Waals surface area contributed by atoms with E-state index in [9.17, 15) is 24.5 Å². The van der Waals surface area contributed by atoms with E-state index in [1.54, 1.807) is 31.2 Å². The van der Waals surface area contributed by atoms with Crippen molar-refractivity contribution >= 4 is 28.9 Å². The van der Waals surface area contributed by atoms with E-state index in [0.29, 0.717) is 17.1 Å². The second kappa shape index (κ2) is 7.39. The summed E-state index contributed by atoms with van der Waals surface area (Å²) < 4.78 is 1.04. The van der Waals surface area contributed by atoms with Crippen molar-refractivity contribution in [1.29, 1.82) is 0 Å². The Morgan fingerprint density at radius 3 is 2.16 bits per heavy atom. The predicted octanol–water partition coefficient (Wildman–Crippen LogP) is 1.66. The van der Waals surface area contributed by atoms with Crippen molar-refractivity contribution in [2.45, 2.75) is 20.4 Å². The molecular formula is C16H16N4O5. The Morgan fingerprint density at radius 2 is 1.64 bits per heavy atom. The van der Waals surface area contributed by atoms with Gasteiger partial charge in [-0.05, 0) is 37.3 Å². The molecule has 25 heavy (non-hydrogen) atoms. The zero-order valence-corrected chi connectivity index (χ0v) is 13.6. The smallest absolute Gasteiger partial charge is 0.326 e. The van der Waals surface area contributed by atoms with Gasteiger partial charge in [-0.25, -0.2) is 0 Å². The fourth-order valence-corrected chi connectivity index (χ4v) is 2.18. The van der Waals surface area contributed by atoms with Gasteiger partial charge >= 0.3 is 11.2 Å². The Hall–Kier alpha value is -3.49. The third-order valence-corrected chi connectivity index (χ3v) is 3.36. The molecule has 0 aliphatic rings. The highest BCUT2D eigenvalue weighted by atomic mass is 16.6. The molecule has 0 fully saturated rings. The maximum Gasteiger partial charge on any atom is 0.334 e. The topological polar surface area (TPSA) is 123 Å². The third-order valence-electron chi connectivity index (χ3n) is 3.36. The molecule has 2 N–H and O–H groups in total. The number of nitrogens with zero attached hydrogens (tertiary/aromatic N) is 2. The van der Waals surface area contributed by atoms with E-state index in [1.165, 1.54) is 13.0 Å². The van der Waals surface area contributed by atoms with Crippen LogP contribution < -0.4 is 16.2 Å². The Bertz CT molecular complexity index is 886. The standard InChI is InChI=1S/C16H16N4O5/c1-10-3-8-14(20(24)25)16(23)19(10)9-15(22)18-13-6-4-12(5-7-13)17-11(2)21/h3-8H,9H2,1-2H3,(H,17,21)(H,18,22). The van der Waals surface area contributed by atoms with Crippen LogP contribution in [0, 0.1) is 17.0 Å². The van der Waals surface area contributed by atoms with Gasteiger partial charge in [-0.2, -0.15) is 0 Å². The van der Waals surface area contributed by atoms with Crippen LogP contribution in [0.4, 0.5) is 17.1 Å². The molecule has 1 aromatic carbocycles. The Balaban J connectivity index is 2.13. The van der Waals surface area contributed by atoms with Crippen LogP contribution in [0.1, 0.15) is 12.6 Å². The van der Waals surface area contributed by atoms with Gasteiger partial charge in [0.15, 0.2) is 0 Å². The fraction of sp³-hybridized carbons (Fsp3) is 0.188. The Kier molecular flexibility index (Phi) is 5.28. The van der Waals surface area contributed by atoms with Gasteiger partial charge in [-0.1, -0.05) is 0 Å². The van der Waals surface area contributed by atoms with E-state index >= 15 is 0 Å². The lowest BCUT2D eigenvalue weighted by Gasteiger charge is -2.10. The average Bonchev–Trinajstić information content (AvgIpc) is 2.52. The van der Waals surface area contributed by atoms with Crippen LogP contribution in [0.15, 0.2) is 41.2 Å². The van der Waals surface area contributed by atoms with Crippen LogP contribution in [-0.4, -0.2) is 21.3 Å². The number of pyridine rings is 1. The number of aromatic nitrogens is 1. The first-order valence-corrected chi connectivity index (χ1v) is 7.30. The van der Waals surface area contributed by atoms with Crippen LogP contribution >= 0.6 is 0 Å². The quantitative estimate of drug-likeness (QED) is 0.631. The number of amides is 2. The zero-order valence-electron chi connectivity index (χ0n) is 13.6. The summed E-state index contributed by atoms with van der Waals surface area (Å²) in [4.78, 5) is 45.2. The van der Waals surface area contributed by atoms with E-state index in [2.05, 4.69) is 10.6 Å². The second-order valence-electron chi connectivity index (χ2n) is 5.32. The number of nitro groups is 1. The van der Waals surface area contributed by atoms with Gasteiger partial charge < -0.3 is 10.6 Å². The molecule has 2 rings (SSSR count). The zero-order chi connectivity index (χ0) is 18.6. The van der Waals surface area contributed by atoms with Gasteiger partial charge in [-0.3, -0.25) is 29.1 Å². The fourth-order valence-electron chi connectivity index (χ4n) is 2.18. The first-order chi connectivity index (χ1) is 11.8. The lowest BCUT2D eigenvalue weighted by molar-refractivity contribution is -0.386. The first-order valence-electron chi connectivity index (χ1n) is 7.30. The molecule has 0 spiro atoms. The van der Waals surface area contributed by atoms with Crippen LogP contribution in [0.5, 0.6) is 0 Å². The van der Waals surface area contributed by atoms with Crippen molar-refractivity contribution in [1.82, 2.24) is 4.57 Å². The number of carbonyl (C=O) groups is 2. The van der Waals surface area contributed by atoms with Crippen molar-refractivity contribution in [3.63, 3.8) is 0 Å². The summed E-state index contributed by atoms with van der Waals surface area (Å²) in [5.74, 6) is -0.713. The number of carbonyl (C=O) groups excluding carboxylic acids is 2. The van der Waals surface area contributed by atoms with E-state index in [1.807, 2.05) is 0 Å². The van der Waals surface area contributed by atoms with E-state index in [-0.39, 0.29) is 12.5 Å². The summed E-state index contributed by atoms with van der Waals surface area (Å²) >= 11 is 0. The summed E-state index contributed by atoms with van der Waals surface area (Å²) in [6.45, 7) is 2.62. The molecule has 0 saturated carbocycles. The minimum Gasteiger partial charge on any atom is -0.326 e. The molecule has 0 atom stereocenters. The Morgan fingerprint density at radius 1 is 1.08 bits per heavy atom. The number of benzene rings is 1. The molecule has 2 aromatic rings. The number of anilines is 2. The first kappa shape index (κ1) is 17.9. The molecule has 0 aliphatic carbocycles. The van der Waals surface area contributed by atoms with Crippen LogP contribution in [0.3, 0.4) is 0 Å². The van der Waals surface area contributed by atoms with E-state index in [0.717, 1.165) is 10.6 Å². The lowest BCUT2D eigenvalue weighted by atomic mass is 10.2.